The molecule has 2 fully saturated rings. The van der Waals surface area contributed by atoms with Crippen LogP contribution in [0.15, 0.2) is 53.8 Å². The molecule has 0 spiro atoms. The van der Waals surface area contributed by atoms with Crippen LogP contribution in [0, 0.1) is 11.3 Å². The van der Waals surface area contributed by atoms with E-state index in [0.29, 0.717) is 33.6 Å². The number of benzene rings is 2. The number of fused-ring (bicyclic) bond motifs is 1. The number of piperidine rings is 1. The summed E-state index contributed by atoms with van der Waals surface area (Å²) < 4.78 is 22.4. The molecule has 0 unspecified atom stereocenters. The molecule has 0 atom stereocenters. The first-order valence-corrected chi connectivity index (χ1v) is 14.0. The van der Waals surface area contributed by atoms with Crippen LogP contribution < -0.4 is 4.90 Å². The number of nitrogens with zero attached hydrogens (tertiary/aromatic N) is 1. The topological polar surface area (TPSA) is 93.9 Å². The van der Waals surface area contributed by atoms with E-state index in [-0.39, 0.29) is 49.0 Å². The zero-order valence-electron chi connectivity index (χ0n) is 20.5. The minimum Gasteiger partial charge on any atom is -0.512 e. The summed E-state index contributed by atoms with van der Waals surface area (Å²) in [5.74, 6) is -0.879. The minimum absolute atomic E-state index is 0.0113. The van der Waals surface area contributed by atoms with E-state index in [0.717, 1.165) is 28.6 Å². The fraction of sp³-hybridized carbons (Fsp3) is 0.357. The molecule has 10 heteroatoms. The number of hydrogen-bond acceptors (Lipinski definition) is 6. The first kappa shape index (κ1) is 26.9. The molecule has 0 radical (unpaired) electrons. The Morgan fingerprint density at radius 1 is 1.13 bits per heavy atom. The van der Waals surface area contributed by atoms with Gasteiger partial charge in [0, 0.05) is 53.4 Å². The van der Waals surface area contributed by atoms with Crippen LogP contribution in [0.25, 0.3) is 10.1 Å². The van der Waals surface area contributed by atoms with Crippen LogP contribution in [-0.4, -0.2) is 53.9 Å². The summed E-state index contributed by atoms with van der Waals surface area (Å²) in [5, 5.41) is 30.2. The van der Waals surface area contributed by atoms with Crippen molar-refractivity contribution in [2.24, 2.45) is 5.92 Å². The van der Waals surface area contributed by atoms with Crippen molar-refractivity contribution in [1.82, 2.24) is 0 Å². The summed E-state index contributed by atoms with van der Waals surface area (Å²) in [5.41, 5.74) is -0.00636. The molecule has 2 aromatic carbocycles. The number of aromatic carboxylic acids is 1. The number of hydrogen-bond donors (Lipinski definition) is 3. The largest absolute Gasteiger partial charge is 0.512 e. The Kier molecular flexibility index (Phi) is 7.69. The number of carboxylic acids is 1. The normalized spacial score (nSPS) is 17.9. The number of alkyl halides is 1. The SMILES string of the molecule is N=C(/C(COCC1(F)CCN(c2ccc3cc(C(=O)O)sc3c2)CC1)=C(\O)C1CC1)c1c(Cl)cccc1Cl. The van der Waals surface area contributed by atoms with Crippen LogP contribution in [0.3, 0.4) is 0 Å². The number of carboxylic acid groups (broad SMARTS) is 1. The maximum absolute atomic E-state index is 15.7. The molecule has 1 saturated carbocycles. The lowest BCUT2D eigenvalue weighted by Gasteiger charge is -2.37. The molecule has 3 N–H and O–H groups in total. The Hall–Kier alpha value is -2.65. The molecule has 1 aliphatic carbocycles. The molecule has 1 aliphatic heterocycles. The summed E-state index contributed by atoms with van der Waals surface area (Å²) in [6.45, 7) is 0.712. The van der Waals surface area contributed by atoms with Gasteiger partial charge in [-0.15, -0.1) is 11.3 Å². The Morgan fingerprint density at radius 2 is 1.82 bits per heavy atom. The van der Waals surface area contributed by atoms with E-state index < -0.39 is 11.6 Å². The van der Waals surface area contributed by atoms with Gasteiger partial charge in [-0.3, -0.25) is 5.41 Å². The summed E-state index contributed by atoms with van der Waals surface area (Å²) in [6, 6.07) is 12.4. The highest BCUT2D eigenvalue weighted by Gasteiger charge is 2.36. The van der Waals surface area contributed by atoms with Gasteiger partial charge in [-0.05, 0) is 48.6 Å². The van der Waals surface area contributed by atoms with E-state index in [9.17, 15) is 15.0 Å². The number of carbonyl (C=O) groups is 1. The molecular formula is C28H27Cl2FN2O4S. The Bertz CT molecular complexity index is 1410. The zero-order valence-corrected chi connectivity index (χ0v) is 22.8. The van der Waals surface area contributed by atoms with Gasteiger partial charge in [-0.2, -0.15) is 0 Å². The first-order chi connectivity index (χ1) is 18.1. The molecule has 1 saturated heterocycles. The van der Waals surface area contributed by atoms with E-state index in [1.807, 2.05) is 18.2 Å². The fourth-order valence-corrected chi connectivity index (χ4v) is 6.25. The molecule has 6 nitrogen and oxygen atoms in total. The van der Waals surface area contributed by atoms with E-state index in [2.05, 4.69) is 4.90 Å². The number of nitrogens with one attached hydrogen (secondary N) is 1. The molecule has 2 heterocycles. The lowest BCUT2D eigenvalue weighted by atomic mass is 9.93. The maximum Gasteiger partial charge on any atom is 0.345 e. The maximum atomic E-state index is 15.7. The van der Waals surface area contributed by atoms with Gasteiger partial charge in [0.15, 0.2) is 0 Å². The summed E-state index contributed by atoms with van der Waals surface area (Å²) in [7, 11) is 0. The predicted octanol–water partition coefficient (Wildman–Crippen LogP) is 7.52. The molecule has 5 rings (SSSR count). The Balaban J connectivity index is 1.22. The summed E-state index contributed by atoms with van der Waals surface area (Å²) in [6.07, 6.45) is 2.18. The number of allylic oxidation sites excluding steroid dienone is 1. The highest BCUT2D eigenvalue weighted by Crippen LogP contribution is 2.39. The second kappa shape index (κ2) is 10.8. The summed E-state index contributed by atoms with van der Waals surface area (Å²) >= 11 is 13.8. The van der Waals surface area contributed by atoms with Crippen LogP contribution in [0.1, 0.15) is 40.9 Å². The molecule has 38 heavy (non-hydrogen) atoms. The van der Waals surface area contributed by atoms with Gasteiger partial charge in [0.2, 0.25) is 0 Å². The average molecular weight is 578 g/mol. The van der Waals surface area contributed by atoms with E-state index in [4.69, 9.17) is 33.3 Å². The van der Waals surface area contributed by atoms with Crippen molar-refractivity contribution >= 4 is 62.0 Å². The quantitative estimate of drug-likeness (QED) is 0.181. The van der Waals surface area contributed by atoms with Crippen LogP contribution in [0.4, 0.5) is 10.1 Å². The number of thiophene rings is 1. The van der Waals surface area contributed by atoms with Gasteiger partial charge < -0.3 is 19.8 Å². The van der Waals surface area contributed by atoms with Crippen molar-refractivity contribution in [2.75, 3.05) is 31.2 Å². The minimum atomic E-state index is -1.54. The second-order valence-corrected chi connectivity index (χ2v) is 11.8. The average Bonchev–Trinajstić information content (AvgIpc) is 3.64. The molecule has 3 aromatic rings. The molecule has 0 amide bonds. The van der Waals surface area contributed by atoms with Crippen LogP contribution in [0.5, 0.6) is 0 Å². The van der Waals surface area contributed by atoms with Gasteiger partial charge >= 0.3 is 5.97 Å². The fourth-order valence-electron chi connectivity index (χ4n) is 4.73. The number of ether oxygens (including phenoxy) is 1. The Morgan fingerprint density at radius 3 is 2.45 bits per heavy atom. The zero-order chi connectivity index (χ0) is 27.0. The highest BCUT2D eigenvalue weighted by molar-refractivity contribution is 7.20. The van der Waals surface area contributed by atoms with Crippen molar-refractivity contribution in [3.63, 3.8) is 0 Å². The number of halogens is 3. The van der Waals surface area contributed by atoms with Crippen molar-refractivity contribution < 1.29 is 24.1 Å². The summed E-state index contributed by atoms with van der Waals surface area (Å²) in [4.78, 5) is 13.7. The van der Waals surface area contributed by atoms with Crippen LogP contribution in [0.2, 0.25) is 10.0 Å². The van der Waals surface area contributed by atoms with Crippen LogP contribution >= 0.6 is 34.5 Å². The van der Waals surface area contributed by atoms with Crippen molar-refractivity contribution in [1.29, 1.82) is 5.41 Å². The van der Waals surface area contributed by atoms with Crippen LogP contribution in [-0.2, 0) is 4.74 Å². The first-order valence-electron chi connectivity index (χ1n) is 12.4. The monoisotopic (exact) mass is 576 g/mol. The Labute approximate surface area is 233 Å². The van der Waals surface area contributed by atoms with Gasteiger partial charge in [0.05, 0.1) is 29.0 Å². The number of aliphatic hydroxyl groups is 1. The van der Waals surface area contributed by atoms with E-state index >= 15 is 4.39 Å². The lowest BCUT2D eigenvalue weighted by Crippen LogP contribution is -2.44. The van der Waals surface area contributed by atoms with Gasteiger partial charge in [-0.1, -0.05) is 35.3 Å². The lowest BCUT2D eigenvalue weighted by molar-refractivity contribution is 0.00816. The van der Waals surface area contributed by atoms with E-state index in [1.54, 1.807) is 24.3 Å². The van der Waals surface area contributed by atoms with Crippen molar-refractivity contribution in [3.05, 3.63) is 74.3 Å². The number of anilines is 1. The third-order valence-corrected chi connectivity index (χ3v) is 8.85. The smallest absolute Gasteiger partial charge is 0.345 e. The van der Waals surface area contributed by atoms with Crippen molar-refractivity contribution in [3.8, 4) is 0 Å². The van der Waals surface area contributed by atoms with Gasteiger partial charge in [-0.25, -0.2) is 9.18 Å². The van der Waals surface area contributed by atoms with E-state index in [1.165, 1.54) is 11.3 Å². The number of aliphatic hydroxyl groups excluding tert-OH is 1. The molecule has 0 bridgehead atoms. The third kappa shape index (κ3) is 5.69. The third-order valence-electron chi connectivity index (χ3n) is 7.13. The number of rotatable bonds is 9. The molecular weight excluding hydrogens is 550 g/mol. The van der Waals surface area contributed by atoms with Crippen molar-refractivity contribution in [2.45, 2.75) is 31.4 Å². The van der Waals surface area contributed by atoms with Gasteiger partial charge in [0.1, 0.15) is 16.3 Å². The predicted molar refractivity (Wildman–Crippen MR) is 151 cm³/mol. The molecule has 200 valence electrons. The second-order valence-electron chi connectivity index (χ2n) is 9.88. The van der Waals surface area contributed by atoms with Gasteiger partial charge in [0.25, 0.3) is 0 Å². The molecule has 1 aromatic heterocycles. The highest BCUT2D eigenvalue weighted by atomic mass is 35.5. The standard InChI is InChI=1S/C28H27Cl2FN2O4S/c29-20-2-1-3-21(30)24(20)25(32)19(26(34)16-4-5-16)14-37-15-28(31)8-10-33(11-9-28)18-7-6-17-12-23(27(35)36)38-22(17)13-18/h1-3,6-7,12-13,16,32,34H,4-5,8-11,14-15H2,(H,35,36)/b26-19-,32-25?. The molecule has 2 aliphatic rings.